The molecule has 31 heavy (non-hydrogen) atoms. The fourth-order valence-electron chi connectivity index (χ4n) is 6.11. The topological polar surface area (TPSA) is 65.6 Å². The minimum atomic E-state index is -0.652. The molecule has 2 aliphatic heterocycles. The Bertz CT molecular complexity index is 972. The van der Waals surface area contributed by atoms with E-state index in [4.69, 9.17) is 4.74 Å². The second-order valence-electron chi connectivity index (χ2n) is 10.9. The summed E-state index contributed by atoms with van der Waals surface area (Å²) in [4.78, 5) is 19.1. The monoisotopic (exact) mass is 424 g/mol. The fourth-order valence-corrected chi connectivity index (χ4v) is 6.11. The van der Waals surface area contributed by atoms with Crippen LogP contribution in [0.25, 0.3) is 10.9 Å². The number of hydrogen-bond acceptors (Lipinski definition) is 3. The summed E-state index contributed by atoms with van der Waals surface area (Å²) in [6.45, 7) is 8.47. The summed E-state index contributed by atoms with van der Waals surface area (Å²) in [5.41, 5.74) is 2.75. The Balaban J connectivity index is 1.39. The molecule has 3 heterocycles. The van der Waals surface area contributed by atoms with E-state index < -0.39 is 5.60 Å². The van der Waals surface area contributed by atoms with Crippen LogP contribution in [0.1, 0.15) is 82.8 Å². The number of aryl methyl sites for hydroxylation is 1. The average molecular weight is 425 g/mol. The van der Waals surface area contributed by atoms with Crippen LogP contribution in [0.2, 0.25) is 0 Å². The highest BCUT2D eigenvalue weighted by atomic mass is 16.5. The van der Waals surface area contributed by atoms with E-state index in [0.717, 1.165) is 47.9 Å². The highest BCUT2D eigenvalue weighted by molar-refractivity contribution is 5.91. The molecular weight excluding hydrogens is 388 g/mol. The number of aromatic nitrogens is 1. The summed E-state index contributed by atoms with van der Waals surface area (Å²) in [5, 5.41) is 11.8. The van der Waals surface area contributed by atoms with Crippen LogP contribution in [-0.2, 0) is 4.79 Å². The number of carbonyl (C=O) groups is 1. The first-order valence-electron chi connectivity index (χ1n) is 12.0. The first-order valence-corrected chi connectivity index (χ1v) is 12.0. The zero-order valence-corrected chi connectivity index (χ0v) is 19.3. The van der Waals surface area contributed by atoms with Gasteiger partial charge in [0.1, 0.15) is 5.75 Å². The Morgan fingerprint density at radius 1 is 1.29 bits per heavy atom. The minimum Gasteiger partial charge on any atom is -0.489 e. The number of fused-ring (bicyclic) bond motifs is 3. The van der Waals surface area contributed by atoms with Crippen molar-refractivity contribution >= 4 is 16.8 Å². The van der Waals surface area contributed by atoms with Gasteiger partial charge < -0.3 is 19.7 Å². The predicted octanol–water partition coefficient (Wildman–Crippen LogP) is 5.05. The smallest absolute Gasteiger partial charge is 0.223 e. The van der Waals surface area contributed by atoms with Gasteiger partial charge in [-0.05, 0) is 81.4 Å². The first kappa shape index (κ1) is 20.9. The van der Waals surface area contributed by atoms with E-state index in [1.807, 2.05) is 6.92 Å². The van der Waals surface area contributed by atoms with Gasteiger partial charge in [-0.2, -0.15) is 0 Å². The van der Waals surface area contributed by atoms with Crippen LogP contribution in [0.5, 0.6) is 5.75 Å². The summed E-state index contributed by atoms with van der Waals surface area (Å²) in [6, 6.07) is 4.55. The molecule has 1 aromatic heterocycles. The van der Waals surface area contributed by atoms with Crippen LogP contribution in [0.3, 0.4) is 0 Å². The number of amides is 1. The Kier molecular flexibility index (Phi) is 5.08. The molecule has 2 saturated heterocycles. The van der Waals surface area contributed by atoms with Gasteiger partial charge in [-0.15, -0.1) is 0 Å². The molecule has 1 amide bonds. The van der Waals surface area contributed by atoms with Crippen LogP contribution < -0.4 is 4.74 Å². The molecular formula is C26H36N2O3. The summed E-state index contributed by atoms with van der Waals surface area (Å²) in [6.07, 6.45) is 8.54. The van der Waals surface area contributed by atoms with Crippen molar-refractivity contribution in [2.75, 3.05) is 0 Å². The highest BCUT2D eigenvalue weighted by Gasteiger charge is 2.46. The molecule has 3 aliphatic rings. The lowest BCUT2D eigenvalue weighted by Gasteiger charge is -2.53. The van der Waals surface area contributed by atoms with Crippen molar-refractivity contribution in [2.24, 2.45) is 5.92 Å². The van der Waals surface area contributed by atoms with Gasteiger partial charge in [0.2, 0.25) is 5.91 Å². The van der Waals surface area contributed by atoms with Gasteiger partial charge in [0, 0.05) is 35.6 Å². The van der Waals surface area contributed by atoms with Gasteiger partial charge in [0.25, 0.3) is 0 Å². The van der Waals surface area contributed by atoms with Gasteiger partial charge in [-0.3, -0.25) is 4.79 Å². The maximum atomic E-state index is 13.5. The van der Waals surface area contributed by atoms with Crippen molar-refractivity contribution < 1.29 is 14.6 Å². The van der Waals surface area contributed by atoms with E-state index >= 15 is 0 Å². The zero-order valence-electron chi connectivity index (χ0n) is 19.3. The molecule has 3 fully saturated rings. The van der Waals surface area contributed by atoms with E-state index in [0.29, 0.717) is 31.3 Å². The van der Waals surface area contributed by atoms with E-state index in [-0.39, 0.29) is 23.9 Å². The second kappa shape index (κ2) is 7.54. The van der Waals surface area contributed by atoms with Crippen LogP contribution in [0.4, 0.5) is 0 Å². The van der Waals surface area contributed by atoms with Crippen LogP contribution in [0.15, 0.2) is 18.3 Å². The maximum absolute atomic E-state index is 13.5. The molecule has 5 rings (SSSR count). The van der Waals surface area contributed by atoms with Crippen molar-refractivity contribution in [1.82, 2.24) is 9.88 Å². The molecule has 5 nitrogen and oxygen atoms in total. The van der Waals surface area contributed by atoms with Crippen molar-refractivity contribution in [1.29, 1.82) is 0 Å². The van der Waals surface area contributed by atoms with E-state index in [9.17, 15) is 9.90 Å². The Morgan fingerprint density at radius 3 is 2.61 bits per heavy atom. The molecule has 2 bridgehead atoms. The van der Waals surface area contributed by atoms with E-state index in [1.54, 1.807) is 0 Å². The lowest BCUT2D eigenvalue weighted by Crippen LogP contribution is -2.60. The van der Waals surface area contributed by atoms with E-state index in [2.05, 4.69) is 49.0 Å². The van der Waals surface area contributed by atoms with Crippen molar-refractivity contribution in [3.8, 4) is 5.75 Å². The lowest BCUT2D eigenvalue weighted by atomic mass is 9.73. The molecule has 168 valence electrons. The van der Waals surface area contributed by atoms with Gasteiger partial charge in [-0.25, -0.2) is 0 Å². The van der Waals surface area contributed by atoms with Crippen molar-refractivity contribution in [3.63, 3.8) is 0 Å². The average Bonchev–Trinajstić information content (AvgIpc) is 3.37. The van der Waals surface area contributed by atoms with Crippen LogP contribution >= 0.6 is 0 Å². The third-order valence-corrected chi connectivity index (χ3v) is 7.62. The van der Waals surface area contributed by atoms with Crippen LogP contribution in [0, 0.1) is 12.8 Å². The van der Waals surface area contributed by atoms with Gasteiger partial charge in [0.05, 0.1) is 11.7 Å². The highest BCUT2D eigenvalue weighted by Crippen LogP contribution is 2.43. The molecule has 2 N–H and O–H groups in total. The van der Waals surface area contributed by atoms with Gasteiger partial charge in [-0.1, -0.05) is 19.9 Å². The number of ether oxygens (including phenoxy) is 1. The number of carbonyl (C=O) groups excluding carboxylic acids is 1. The number of aromatic amines is 1. The third kappa shape index (κ3) is 3.97. The van der Waals surface area contributed by atoms with Crippen molar-refractivity contribution in [2.45, 2.75) is 102 Å². The molecule has 3 atom stereocenters. The summed E-state index contributed by atoms with van der Waals surface area (Å²) in [7, 11) is 0. The largest absolute Gasteiger partial charge is 0.489 e. The number of H-pyrrole nitrogens is 1. The summed E-state index contributed by atoms with van der Waals surface area (Å²) in [5.74, 6) is 1.93. The Labute approximate surface area is 185 Å². The normalized spacial score (nSPS) is 31.6. The second-order valence-corrected chi connectivity index (χ2v) is 10.9. The number of nitrogens with zero attached hydrogens (tertiary/aromatic N) is 1. The first-order chi connectivity index (χ1) is 14.7. The molecule has 1 aliphatic carbocycles. The van der Waals surface area contributed by atoms with Gasteiger partial charge in [0.15, 0.2) is 0 Å². The Morgan fingerprint density at radius 2 is 1.97 bits per heavy atom. The summed E-state index contributed by atoms with van der Waals surface area (Å²) >= 11 is 0. The molecule has 2 aromatic rings. The number of hydrogen-bond donors (Lipinski definition) is 2. The molecule has 5 heteroatoms. The molecule has 1 aromatic carbocycles. The molecule has 0 radical (unpaired) electrons. The molecule has 1 saturated carbocycles. The molecule has 0 spiro atoms. The minimum absolute atomic E-state index is 0.102. The third-order valence-electron chi connectivity index (χ3n) is 7.62. The standard InChI is InChI=1S/C26H36N2O3/c1-15-9-18-12-26(4,30)13-19(10-15)28(18)23(29)11-17(3)21-14-27-22-8-5-16(2)25(24(21)22)31-20-6-7-20/h5,8,14-15,17-20,27,30H,6-7,9-13H2,1-4H3. The van der Waals surface area contributed by atoms with E-state index in [1.165, 1.54) is 5.56 Å². The number of nitrogens with one attached hydrogen (secondary N) is 1. The number of aliphatic hydroxyl groups is 1. The fraction of sp³-hybridized carbons (Fsp3) is 0.654. The predicted molar refractivity (Wildman–Crippen MR) is 122 cm³/mol. The maximum Gasteiger partial charge on any atom is 0.223 e. The lowest BCUT2D eigenvalue weighted by molar-refractivity contribution is -0.152. The molecule has 3 unspecified atom stereocenters. The number of piperidine rings is 2. The number of benzene rings is 1. The SMILES string of the molecule is Cc1ccc2[nH]cc(C(C)CC(=O)N3C4CC(C)CC3CC(C)(O)C4)c2c1OC1CC1. The summed E-state index contributed by atoms with van der Waals surface area (Å²) < 4.78 is 6.29. The number of rotatable bonds is 5. The van der Waals surface area contributed by atoms with Gasteiger partial charge >= 0.3 is 0 Å². The van der Waals surface area contributed by atoms with Crippen LogP contribution in [-0.4, -0.2) is 44.7 Å². The Hall–Kier alpha value is -2.01. The quantitative estimate of drug-likeness (QED) is 0.706. The van der Waals surface area contributed by atoms with Crippen molar-refractivity contribution in [3.05, 3.63) is 29.5 Å². The zero-order chi connectivity index (χ0) is 21.9.